The molecule has 2 aromatic heterocycles. The molecule has 122 valence electrons. The molecule has 0 atom stereocenters. The Hall–Kier alpha value is -2.08. The average Bonchev–Trinajstić information content (AvgIpc) is 3.20. The maximum Gasteiger partial charge on any atom is 0.249 e. The van der Waals surface area contributed by atoms with Gasteiger partial charge in [-0.1, -0.05) is 35.3 Å². The van der Waals surface area contributed by atoms with Gasteiger partial charge in [-0.3, -0.25) is 4.79 Å². The van der Waals surface area contributed by atoms with Gasteiger partial charge in [-0.05, 0) is 35.2 Å². The van der Waals surface area contributed by atoms with Crippen molar-refractivity contribution in [1.29, 1.82) is 0 Å². The molecule has 0 fully saturated rings. The summed E-state index contributed by atoms with van der Waals surface area (Å²) < 4.78 is 1.74. The van der Waals surface area contributed by atoms with Crippen LogP contribution in [0.15, 0.2) is 54.1 Å². The third-order valence-electron chi connectivity index (χ3n) is 3.23. The minimum Gasteiger partial charge on any atom is -0.307 e. The van der Waals surface area contributed by atoms with Gasteiger partial charge in [0.25, 0.3) is 0 Å². The quantitative estimate of drug-likeness (QED) is 0.639. The van der Waals surface area contributed by atoms with E-state index in [-0.39, 0.29) is 5.91 Å². The van der Waals surface area contributed by atoms with Crippen molar-refractivity contribution in [3.8, 4) is 0 Å². The first-order valence-electron chi connectivity index (χ1n) is 7.10. The molecular formula is C17H13Cl2N3OS. The predicted octanol–water partition coefficient (Wildman–Crippen LogP) is 4.95. The molecule has 4 nitrogen and oxygen atoms in total. The number of halogens is 2. The molecule has 0 radical (unpaired) electrons. The highest BCUT2D eigenvalue weighted by Gasteiger charge is 2.06. The predicted molar refractivity (Wildman–Crippen MR) is 99.8 cm³/mol. The van der Waals surface area contributed by atoms with E-state index in [0.29, 0.717) is 22.4 Å². The summed E-state index contributed by atoms with van der Waals surface area (Å²) in [5, 5.41) is 10.1. The summed E-state index contributed by atoms with van der Waals surface area (Å²) in [6, 6.07) is 10.9. The van der Waals surface area contributed by atoms with Crippen LogP contribution in [0.3, 0.4) is 0 Å². The molecule has 0 bridgehead atoms. The van der Waals surface area contributed by atoms with Crippen LogP contribution in [0.4, 0.5) is 5.82 Å². The molecular weight excluding hydrogens is 365 g/mol. The van der Waals surface area contributed by atoms with E-state index in [1.807, 2.05) is 17.5 Å². The molecule has 1 aromatic carbocycles. The molecule has 0 aliphatic heterocycles. The molecule has 24 heavy (non-hydrogen) atoms. The minimum absolute atomic E-state index is 0.256. The second-order valence-electron chi connectivity index (χ2n) is 4.94. The van der Waals surface area contributed by atoms with Crippen LogP contribution in [-0.2, 0) is 11.3 Å². The van der Waals surface area contributed by atoms with Gasteiger partial charge in [0.05, 0.1) is 12.7 Å². The highest BCUT2D eigenvalue weighted by molar-refractivity contribution is 7.09. The van der Waals surface area contributed by atoms with E-state index in [9.17, 15) is 4.79 Å². The number of amides is 1. The summed E-state index contributed by atoms with van der Waals surface area (Å²) in [6.07, 6.45) is 4.73. The maximum atomic E-state index is 12.1. The van der Waals surface area contributed by atoms with Crippen molar-refractivity contribution in [2.24, 2.45) is 0 Å². The molecule has 0 saturated carbocycles. The van der Waals surface area contributed by atoms with E-state index in [2.05, 4.69) is 10.4 Å². The summed E-state index contributed by atoms with van der Waals surface area (Å²) >= 11 is 13.6. The molecule has 0 aliphatic carbocycles. The number of nitrogens with zero attached hydrogens (tertiary/aromatic N) is 2. The number of hydrogen-bond acceptors (Lipinski definition) is 3. The summed E-state index contributed by atoms with van der Waals surface area (Å²) in [5.41, 5.74) is 0.725. The zero-order valence-electron chi connectivity index (χ0n) is 12.4. The van der Waals surface area contributed by atoms with E-state index in [1.54, 1.807) is 52.6 Å². The Morgan fingerprint density at radius 1 is 1.29 bits per heavy atom. The van der Waals surface area contributed by atoms with Gasteiger partial charge in [0.2, 0.25) is 5.91 Å². The van der Waals surface area contributed by atoms with Gasteiger partial charge in [0.1, 0.15) is 5.82 Å². The zero-order valence-corrected chi connectivity index (χ0v) is 14.8. The van der Waals surface area contributed by atoms with Gasteiger partial charge < -0.3 is 5.32 Å². The fraction of sp³-hybridized carbons (Fsp3) is 0.0588. The standard InChI is InChI=1S/C17H13Cl2N3OS/c18-13-5-3-12(15(19)10-13)4-6-17(23)21-16-7-8-20-22(16)11-14-2-1-9-24-14/h1-10H,11H2,(H,21,23)/b6-4+. The van der Waals surface area contributed by atoms with E-state index in [1.165, 1.54) is 6.08 Å². The lowest BCUT2D eigenvalue weighted by Crippen LogP contribution is -2.13. The number of aromatic nitrogens is 2. The van der Waals surface area contributed by atoms with Crippen LogP contribution < -0.4 is 5.32 Å². The zero-order chi connectivity index (χ0) is 16.9. The van der Waals surface area contributed by atoms with Crippen molar-refractivity contribution in [2.45, 2.75) is 6.54 Å². The van der Waals surface area contributed by atoms with Crippen LogP contribution >= 0.6 is 34.5 Å². The van der Waals surface area contributed by atoms with E-state index in [4.69, 9.17) is 23.2 Å². The highest BCUT2D eigenvalue weighted by Crippen LogP contribution is 2.22. The largest absolute Gasteiger partial charge is 0.307 e. The number of rotatable bonds is 5. The Kier molecular flexibility index (Phi) is 5.35. The van der Waals surface area contributed by atoms with Gasteiger partial charge in [-0.15, -0.1) is 11.3 Å². The Morgan fingerprint density at radius 2 is 2.17 bits per heavy atom. The van der Waals surface area contributed by atoms with Gasteiger partial charge in [-0.25, -0.2) is 4.68 Å². The minimum atomic E-state index is -0.256. The Balaban J connectivity index is 1.67. The monoisotopic (exact) mass is 377 g/mol. The second kappa shape index (κ2) is 7.66. The van der Waals surface area contributed by atoms with Crippen LogP contribution in [0.5, 0.6) is 0 Å². The number of thiophene rings is 1. The van der Waals surface area contributed by atoms with E-state index < -0.39 is 0 Å². The molecule has 3 rings (SSSR count). The number of carbonyl (C=O) groups is 1. The van der Waals surface area contributed by atoms with E-state index in [0.717, 1.165) is 10.4 Å². The van der Waals surface area contributed by atoms with Crippen LogP contribution in [0.2, 0.25) is 10.0 Å². The number of benzene rings is 1. The SMILES string of the molecule is O=C(/C=C/c1ccc(Cl)cc1Cl)Nc1ccnn1Cc1cccs1. The van der Waals surface area contributed by atoms with Crippen molar-refractivity contribution < 1.29 is 4.79 Å². The first-order valence-corrected chi connectivity index (χ1v) is 8.74. The molecule has 0 unspecified atom stereocenters. The average molecular weight is 378 g/mol. The lowest BCUT2D eigenvalue weighted by Gasteiger charge is -2.06. The van der Waals surface area contributed by atoms with Crippen LogP contribution in [0.1, 0.15) is 10.4 Å². The molecule has 1 N–H and O–H groups in total. The lowest BCUT2D eigenvalue weighted by molar-refractivity contribution is -0.111. The number of carbonyl (C=O) groups excluding carboxylic acids is 1. The van der Waals surface area contributed by atoms with Crippen molar-refractivity contribution >= 4 is 52.3 Å². The topological polar surface area (TPSA) is 46.9 Å². The first-order chi connectivity index (χ1) is 11.6. The third-order valence-corrected chi connectivity index (χ3v) is 4.65. The molecule has 0 spiro atoms. The van der Waals surface area contributed by atoms with Crippen LogP contribution in [0.25, 0.3) is 6.08 Å². The number of anilines is 1. The Labute approximate surface area is 153 Å². The molecule has 2 heterocycles. The smallest absolute Gasteiger partial charge is 0.249 e. The highest BCUT2D eigenvalue weighted by atomic mass is 35.5. The molecule has 1 amide bonds. The number of hydrogen-bond donors (Lipinski definition) is 1. The summed E-state index contributed by atoms with van der Waals surface area (Å²) in [5.74, 6) is 0.384. The van der Waals surface area contributed by atoms with Gasteiger partial charge in [-0.2, -0.15) is 5.10 Å². The fourth-order valence-electron chi connectivity index (χ4n) is 2.09. The first kappa shape index (κ1) is 16.8. The molecule has 3 aromatic rings. The van der Waals surface area contributed by atoms with Gasteiger partial charge >= 0.3 is 0 Å². The van der Waals surface area contributed by atoms with Gasteiger partial charge in [0, 0.05) is 27.1 Å². The molecule has 0 saturated heterocycles. The van der Waals surface area contributed by atoms with Crippen LogP contribution in [-0.4, -0.2) is 15.7 Å². The maximum absolute atomic E-state index is 12.1. The van der Waals surface area contributed by atoms with Crippen molar-refractivity contribution in [3.05, 3.63) is 74.5 Å². The fourth-order valence-corrected chi connectivity index (χ4v) is 3.24. The third kappa shape index (κ3) is 4.26. The Morgan fingerprint density at radius 3 is 2.92 bits per heavy atom. The summed E-state index contributed by atoms with van der Waals surface area (Å²) in [4.78, 5) is 13.3. The summed E-state index contributed by atoms with van der Waals surface area (Å²) in [7, 11) is 0. The normalized spacial score (nSPS) is 11.1. The summed E-state index contributed by atoms with van der Waals surface area (Å²) in [6.45, 7) is 0.618. The molecule has 0 aliphatic rings. The van der Waals surface area contributed by atoms with Crippen LogP contribution in [0, 0.1) is 0 Å². The lowest BCUT2D eigenvalue weighted by atomic mass is 10.2. The van der Waals surface area contributed by atoms with Crippen molar-refractivity contribution in [2.75, 3.05) is 5.32 Å². The van der Waals surface area contributed by atoms with Crippen molar-refractivity contribution in [1.82, 2.24) is 9.78 Å². The second-order valence-corrected chi connectivity index (χ2v) is 6.82. The van der Waals surface area contributed by atoms with E-state index >= 15 is 0 Å². The number of nitrogens with one attached hydrogen (secondary N) is 1. The Bertz CT molecular complexity index is 872. The molecule has 7 heteroatoms. The van der Waals surface area contributed by atoms with Gasteiger partial charge in [0.15, 0.2) is 0 Å². The van der Waals surface area contributed by atoms with Crippen molar-refractivity contribution in [3.63, 3.8) is 0 Å².